The monoisotopic (exact) mass is 299 g/mol. The topological polar surface area (TPSA) is 107 Å². The molecule has 1 aliphatic heterocycles. The van der Waals surface area contributed by atoms with Gasteiger partial charge in [-0.25, -0.2) is 0 Å². The molecule has 0 atom stereocenters. The van der Waals surface area contributed by atoms with Gasteiger partial charge in [0.2, 0.25) is 0 Å². The van der Waals surface area contributed by atoms with Crippen LogP contribution < -0.4 is 11.1 Å². The van der Waals surface area contributed by atoms with Crippen molar-refractivity contribution in [3.05, 3.63) is 32.8 Å². The number of nitro benzene ring substituents is 1. The van der Waals surface area contributed by atoms with E-state index in [1.165, 1.54) is 0 Å². The van der Waals surface area contributed by atoms with Crippen LogP contribution in [0.25, 0.3) is 0 Å². The number of benzene rings is 1. The molecule has 1 aromatic rings. The van der Waals surface area contributed by atoms with E-state index < -0.39 is 10.8 Å². The number of nitrogens with two attached hydrogens (primary N) is 1. The molecule has 0 spiro atoms. The van der Waals surface area contributed by atoms with Crippen LogP contribution in [-0.4, -0.2) is 30.1 Å². The van der Waals surface area contributed by atoms with E-state index in [-0.39, 0.29) is 28.0 Å². The van der Waals surface area contributed by atoms with Gasteiger partial charge in [-0.3, -0.25) is 14.9 Å². The van der Waals surface area contributed by atoms with Crippen molar-refractivity contribution in [3.63, 3.8) is 0 Å². The maximum atomic E-state index is 12.1. The van der Waals surface area contributed by atoms with E-state index in [9.17, 15) is 14.9 Å². The Morgan fingerprint density at radius 3 is 2.70 bits per heavy atom. The lowest BCUT2D eigenvalue weighted by Gasteiger charge is -2.23. The number of ether oxygens (including phenoxy) is 1. The summed E-state index contributed by atoms with van der Waals surface area (Å²) < 4.78 is 5.19. The first-order valence-corrected chi connectivity index (χ1v) is 6.49. The molecule has 1 aliphatic rings. The fourth-order valence-corrected chi connectivity index (χ4v) is 2.22. The van der Waals surface area contributed by atoms with Crippen LogP contribution in [0.5, 0.6) is 0 Å². The lowest BCUT2D eigenvalue weighted by Crippen LogP contribution is -2.39. The molecule has 0 aliphatic carbocycles. The second kappa shape index (κ2) is 6.06. The molecule has 3 N–H and O–H groups in total. The summed E-state index contributed by atoms with van der Waals surface area (Å²) in [4.78, 5) is 22.3. The molecule has 0 saturated carbocycles. The lowest BCUT2D eigenvalue weighted by molar-refractivity contribution is -0.384. The molecular formula is C12H14ClN3O4. The largest absolute Gasteiger partial charge is 0.397 e. The molecule has 2 rings (SSSR count). The second-order valence-electron chi connectivity index (χ2n) is 4.51. The van der Waals surface area contributed by atoms with Gasteiger partial charge in [-0.05, 0) is 12.8 Å². The van der Waals surface area contributed by atoms with E-state index in [1.807, 2.05) is 0 Å². The number of carbonyl (C=O) groups excluding carboxylic acids is 1. The quantitative estimate of drug-likeness (QED) is 0.502. The Labute approximate surface area is 120 Å². The number of rotatable bonds is 3. The molecule has 1 amide bonds. The highest BCUT2D eigenvalue weighted by Crippen LogP contribution is 2.29. The van der Waals surface area contributed by atoms with Gasteiger partial charge in [-0.15, -0.1) is 0 Å². The van der Waals surface area contributed by atoms with Crippen molar-refractivity contribution < 1.29 is 14.5 Å². The molecule has 1 heterocycles. The van der Waals surface area contributed by atoms with Gasteiger partial charge >= 0.3 is 0 Å². The Morgan fingerprint density at radius 1 is 1.45 bits per heavy atom. The number of hydrogen-bond donors (Lipinski definition) is 2. The summed E-state index contributed by atoms with van der Waals surface area (Å²) in [5, 5.41) is 13.6. The smallest absolute Gasteiger partial charge is 0.271 e. The number of hydrogen-bond acceptors (Lipinski definition) is 5. The fourth-order valence-electron chi connectivity index (χ4n) is 2.00. The molecule has 7 nitrogen and oxygen atoms in total. The Balaban J connectivity index is 2.21. The Morgan fingerprint density at radius 2 is 2.10 bits per heavy atom. The highest BCUT2D eigenvalue weighted by atomic mass is 35.5. The van der Waals surface area contributed by atoms with Crippen molar-refractivity contribution in [1.82, 2.24) is 5.32 Å². The van der Waals surface area contributed by atoms with E-state index in [0.29, 0.717) is 26.1 Å². The number of nitro groups is 1. The zero-order chi connectivity index (χ0) is 14.7. The minimum Gasteiger partial charge on any atom is -0.397 e. The third-order valence-corrected chi connectivity index (χ3v) is 3.44. The first-order valence-electron chi connectivity index (χ1n) is 6.11. The maximum Gasteiger partial charge on any atom is 0.271 e. The van der Waals surface area contributed by atoms with E-state index in [1.54, 1.807) is 0 Å². The molecule has 0 aromatic heterocycles. The number of nitrogens with zero attached hydrogens (tertiary/aromatic N) is 1. The van der Waals surface area contributed by atoms with Crippen molar-refractivity contribution in [2.45, 2.75) is 18.9 Å². The number of nitrogens with one attached hydrogen (secondary N) is 1. The average molecular weight is 300 g/mol. The van der Waals surface area contributed by atoms with Crippen LogP contribution in [0, 0.1) is 10.1 Å². The first-order chi connectivity index (χ1) is 9.49. The van der Waals surface area contributed by atoms with Crippen molar-refractivity contribution in [3.8, 4) is 0 Å². The normalized spacial score (nSPS) is 15.8. The minimum atomic E-state index is -0.615. The zero-order valence-corrected chi connectivity index (χ0v) is 11.4. The fraction of sp³-hybridized carbons (Fsp3) is 0.417. The van der Waals surface area contributed by atoms with Crippen molar-refractivity contribution >= 4 is 28.9 Å². The van der Waals surface area contributed by atoms with Gasteiger partial charge in [-0.2, -0.15) is 0 Å². The summed E-state index contributed by atoms with van der Waals surface area (Å²) in [5.41, 5.74) is 5.52. The minimum absolute atomic E-state index is 0.00340. The average Bonchev–Trinajstić information content (AvgIpc) is 2.42. The summed E-state index contributed by atoms with van der Waals surface area (Å²) >= 11 is 5.82. The van der Waals surface area contributed by atoms with Crippen LogP contribution >= 0.6 is 11.6 Å². The highest BCUT2D eigenvalue weighted by Gasteiger charge is 2.22. The van der Waals surface area contributed by atoms with Gasteiger partial charge in [0.05, 0.1) is 21.2 Å². The Kier molecular flexibility index (Phi) is 4.41. The number of nitrogen functional groups attached to an aromatic ring is 1. The summed E-state index contributed by atoms with van der Waals surface area (Å²) in [6, 6.07) is 2.24. The van der Waals surface area contributed by atoms with Crippen LogP contribution in [0.3, 0.4) is 0 Å². The van der Waals surface area contributed by atoms with E-state index in [4.69, 9.17) is 22.1 Å². The predicted octanol–water partition coefficient (Wildman–Crippen LogP) is 1.74. The first kappa shape index (κ1) is 14.5. The van der Waals surface area contributed by atoms with E-state index in [2.05, 4.69) is 5.32 Å². The summed E-state index contributed by atoms with van der Waals surface area (Å²) in [6.07, 6.45) is 1.41. The van der Waals surface area contributed by atoms with Gasteiger partial charge in [-0.1, -0.05) is 11.6 Å². The molecule has 0 unspecified atom stereocenters. The number of non-ortho nitro benzene ring substituents is 1. The van der Waals surface area contributed by atoms with Gasteiger partial charge < -0.3 is 15.8 Å². The SMILES string of the molecule is Nc1c(Cl)cc([N+](=O)[O-])cc1C(=O)NC1CCOCC1. The van der Waals surface area contributed by atoms with Gasteiger partial charge in [0.1, 0.15) is 0 Å². The number of carbonyl (C=O) groups is 1. The van der Waals surface area contributed by atoms with Crippen molar-refractivity contribution in [2.24, 2.45) is 0 Å². The second-order valence-corrected chi connectivity index (χ2v) is 4.91. The van der Waals surface area contributed by atoms with Crippen LogP contribution in [0.2, 0.25) is 5.02 Å². The summed E-state index contributed by atoms with van der Waals surface area (Å²) in [7, 11) is 0. The Bertz CT molecular complexity index is 544. The molecule has 108 valence electrons. The third kappa shape index (κ3) is 3.17. The predicted molar refractivity (Wildman–Crippen MR) is 73.8 cm³/mol. The molecule has 20 heavy (non-hydrogen) atoms. The van der Waals surface area contributed by atoms with Crippen LogP contribution in [0.15, 0.2) is 12.1 Å². The standard InChI is InChI=1S/C12H14ClN3O4/c13-10-6-8(16(18)19)5-9(11(10)14)12(17)15-7-1-3-20-4-2-7/h5-7H,1-4,14H2,(H,15,17). The van der Waals surface area contributed by atoms with Crippen LogP contribution in [0.4, 0.5) is 11.4 Å². The van der Waals surface area contributed by atoms with E-state index >= 15 is 0 Å². The molecule has 1 saturated heterocycles. The van der Waals surface area contributed by atoms with Crippen LogP contribution in [-0.2, 0) is 4.74 Å². The molecule has 8 heteroatoms. The molecule has 1 aromatic carbocycles. The number of amides is 1. The molecule has 1 fully saturated rings. The van der Waals surface area contributed by atoms with Crippen molar-refractivity contribution in [2.75, 3.05) is 18.9 Å². The number of anilines is 1. The maximum absolute atomic E-state index is 12.1. The zero-order valence-electron chi connectivity index (χ0n) is 10.6. The summed E-state index contributed by atoms with van der Waals surface area (Å²) in [6.45, 7) is 1.16. The number of halogens is 1. The van der Waals surface area contributed by atoms with Crippen LogP contribution in [0.1, 0.15) is 23.2 Å². The van der Waals surface area contributed by atoms with Gasteiger partial charge in [0.15, 0.2) is 0 Å². The van der Waals surface area contributed by atoms with Crippen molar-refractivity contribution in [1.29, 1.82) is 0 Å². The Hall–Kier alpha value is -1.86. The molecular weight excluding hydrogens is 286 g/mol. The third-order valence-electron chi connectivity index (χ3n) is 3.13. The van der Waals surface area contributed by atoms with Gasteiger partial charge in [0.25, 0.3) is 11.6 Å². The molecule has 0 bridgehead atoms. The van der Waals surface area contributed by atoms with E-state index in [0.717, 1.165) is 12.1 Å². The molecule has 0 radical (unpaired) electrons. The lowest BCUT2D eigenvalue weighted by atomic mass is 10.1. The highest BCUT2D eigenvalue weighted by molar-refractivity contribution is 6.34. The summed E-state index contributed by atoms with van der Waals surface area (Å²) in [5.74, 6) is -0.458. The van der Waals surface area contributed by atoms with Gasteiger partial charge in [0, 0.05) is 31.4 Å².